The van der Waals surface area contributed by atoms with E-state index in [1.165, 1.54) is 16.4 Å². The van der Waals surface area contributed by atoms with Gasteiger partial charge in [0.05, 0.1) is 17.4 Å². The van der Waals surface area contributed by atoms with Crippen LogP contribution in [0.4, 0.5) is 5.82 Å². The molecule has 0 radical (unpaired) electrons. The molecule has 0 saturated carbocycles. The average Bonchev–Trinajstić information content (AvgIpc) is 2.99. The first-order valence-corrected chi connectivity index (χ1v) is 9.24. The minimum absolute atomic E-state index is 0.0121. The lowest BCUT2D eigenvalue weighted by molar-refractivity contribution is 0.0900. The quantitative estimate of drug-likeness (QED) is 0.768. The molecule has 4 rings (SSSR count). The number of carbonyl (C=O) groups is 1. The van der Waals surface area contributed by atoms with Crippen molar-refractivity contribution >= 4 is 28.7 Å². The zero-order valence-electron chi connectivity index (χ0n) is 14.3. The first kappa shape index (κ1) is 16.6. The summed E-state index contributed by atoms with van der Waals surface area (Å²) in [7, 11) is 0. The lowest BCUT2D eigenvalue weighted by atomic mass is 10.0. The molecule has 0 spiro atoms. The molecule has 2 aromatic carbocycles. The monoisotopic (exact) mass is 362 g/mol. The number of hydrogen-bond donors (Lipinski definition) is 1. The zero-order chi connectivity index (χ0) is 18.1. The summed E-state index contributed by atoms with van der Waals surface area (Å²) in [6, 6.07) is 19.7. The van der Waals surface area contributed by atoms with Gasteiger partial charge in [-0.2, -0.15) is 9.78 Å². The SMILES string of the molecule is Cc1nn(C(=O)Cc2ccccc2)c2c1C(c1ccccc1)SC(N)=N2. The molecular formula is C20H18N4OS. The second-order valence-electron chi connectivity index (χ2n) is 6.15. The maximum atomic E-state index is 12.8. The fourth-order valence-electron chi connectivity index (χ4n) is 3.13. The Morgan fingerprint density at radius 3 is 2.46 bits per heavy atom. The number of amidine groups is 1. The van der Waals surface area contributed by atoms with Crippen molar-refractivity contribution in [1.82, 2.24) is 9.78 Å². The van der Waals surface area contributed by atoms with E-state index in [0.717, 1.165) is 22.4 Å². The molecule has 5 nitrogen and oxygen atoms in total. The second-order valence-corrected chi connectivity index (χ2v) is 7.27. The number of benzene rings is 2. The van der Waals surface area contributed by atoms with Crippen molar-refractivity contribution in [3.63, 3.8) is 0 Å². The van der Waals surface area contributed by atoms with E-state index in [2.05, 4.69) is 22.2 Å². The molecular weight excluding hydrogens is 344 g/mol. The first-order valence-electron chi connectivity index (χ1n) is 8.36. The van der Waals surface area contributed by atoms with Crippen LogP contribution in [0.15, 0.2) is 65.7 Å². The summed E-state index contributed by atoms with van der Waals surface area (Å²) in [5.74, 6) is 0.435. The highest BCUT2D eigenvalue weighted by Crippen LogP contribution is 2.45. The van der Waals surface area contributed by atoms with Crippen LogP contribution in [0.5, 0.6) is 0 Å². The topological polar surface area (TPSA) is 73.3 Å². The standard InChI is InChI=1S/C20H18N4OS/c1-13-17-18(15-10-6-3-7-11-15)26-20(21)22-19(17)24(23-13)16(25)12-14-8-4-2-5-9-14/h2-11,18H,12H2,1H3,(H2,21,22). The highest BCUT2D eigenvalue weighted by molar-refractivity contribution is 8.14. The molecule has 0 saturated heterocycles. The van der Waals surface area contributed by atoms with E-state index in [0.29, 0.717) is 11.0 Å². The van der Waals surface area contributed by atoms with E-state index in [-0.39, 0.29) is 17.6 Å². The molecule has 6 heteroatoms. The molecule has 3 aromatic rings. The van der Waals surface area contributed by atoms with E-state index >= 15 is 0 Å². The van der Waals surface area contributed by atoms with E-state index in [1.54, 1.807) is 0 Å². The van der Waals surface area contributed by atoms with Crippen LogP contribution in [-0.2, 0) is 6.42 Å². The number of nitrogens with two attached hydrogens (primary N) is 1. The fourth-order valence-corrected chi connectivity index (χ4v) is 4.20. The van der Waals surface area contributed by atoms with Crippen LogP contribution in [-0.4, -0.2) is 20.9 Å². The van der Waals surface area contributed by atoms with Gasteiger partial charge in [0.15, 0.2) is 11.0 Å². The number of hydrogen-bond acceptors (Lipinski definition) is 5. The molecule has 1 atom stereocenters. The van der Waals surface area contributed by atoms with E-state index in [4.69, 9.17) is 5.73 Å². The Morgan fingerprint density at radius 2 is 1.77 bits per heavy atom. The van der Waals surface area contributed by atoms with Gasteiger partial charge in [-0.25, -0.2) is 4.99 Å². The molecule has 0 fully saturated rings. The minimum Gasteiger partial charge on any atom is -0.378 e. The van der Waals surface area contributed by atoms with Crippen LogP contribution in [0.3, 0.4) is 0 Å². The van der Waals surface area contributed by atoms with Crippen molar-refractivity contribution in [3.8, 4) is 0 Å². The van der Waals surface area contributed by atoms with Gasteiger partial charge in [0.25, 0.3) is 5.91 Å². The minimum atomic E-state index is -0.115. The molecule has 1 aromatic heterocycles. The summed E-state index contributed by atoms with van der Waals surface area (Å²) < 4.78 is 1.40. The number of aliphatic imine (C=N–C) groups is 1. The maximum absolute atomic E-state index is 12.8. The summed E-state index contributed by atoms with van der Waals surface area (Å²) in [4.78, 5) is 17.3. The molecule has 2 heterocycles. The molecule has 2 N–H and O–H groups in total. The van der Waals surface area contributed by atoms with Gasteiger partial charge >= 0.3 is 0 Å². The highest BCUT2D eigenvalue weighted by atomic mass is 32.2. The first-order chi connectivity index (χ1) is 12.6. The third-order valence-electron chi connectivity index (χ3n) is 4.33. The van der Waals surface area contributed by atoms with Gasteiger partial charge in [-0.1, -0.05) is 72.4 Å². The predicted molar refractivity (Wildman–Crippen MR) is 105 cm³/mol. The third-order valence-corrected chi connectivity index (χ3v) is 5.41. The Balaban J connectivity index is 1.75. The molecule has 1 aliphatic heterocycles. The van der Waals surface area contributed by atoms with Crippen molar-refractivity contribution < 1.29 is 4.79 Å². The van der Waals surface area contributed by atoms with Crippen LogP contribution < -0.4 is 5.73 Å². The van der Waals surface area contributed by atoms with Crippen molar-refractivity contribution in [1.29, 1.82) is 0 Å². The molecule has 26 heavy (non-hydrogen) atoms. The smallest absolute Gasteiger partial charge is 0.253 e. The lowest BCUT2D eigenvalue weighted by Gasteiger charge is -2.21. The number of fused-ring (bicyclic) bond motifs is 1. The Morgan fingerprint density at radius 1 is 1.12 bits per heavy atom. The number of rotatable bonds is 3. The van der Waals surface area contributed by atoms with E-state index in [9.17, 15) is 4.79 Å². The van der Waals surface area contributed by atoms with Crippen LogP contribution >= 0.6 is 11.8 Å². The van der Waals surface area contributed by atoms with Gasteiger partial charge in [0.2, 0.25) is 0 Å². The Hall–Kier alpha value is -2.86. The number of aromatic nitrogens is 2. The molecule has 130 valence electrons. The summed E-state index contributed by atoms with van der Waals surface area (Å²) in [5.41, 5.74) is 9.89. The van der Waals surface area contributed by atoms with Gasteiger partial charge in [-0.05, 0) is 18.1 Å². The second kappa shape index (κ2) is 6.80. The van der Waals surface area contributed by atoms with Crippen LogP contribution in [0.1, 0.15) is 32.4 Å². The van der Waals surface area contributed by atoms with E-state index < -0.39 is 0 Å². The number of thioether (sulfide) groups is 1. The largest absolute Gasteiger partial charge is 0.378 e. The van der Waals surface area contributed by atoms with Gasteiger partial charge in [0.1, 0.15) is 0 Å². The third kappa shape index (κ3) is 3.04. The highest BCUT2D eigenvalue weighted by Gasteiger charge is 2.31. The van der Waals surface area contributed by atoms with Gasteiger partial charge in [-0.3, -0.25) is 4.79 Å². The average molecular weight is 362 g/mol. The van der Waals surface area contributed by atoms with Gasteiger partial charge in [0, 0.05) is 5.56 Å². The Labute approximate surface area is 155 Å². The Kier molecular flexibility index (Phi) is 4.34. The predicted octanol–water partition coefficient (Wildman–Crippen LogP) is 3.86. The Bertz CT molecular complexity index is 980. The fraction of sp³-hybridized carbons (Fsp3) is 0.150. The van der Waals surface area contributed by atoms with Crippen molar-refractivity contribution in [2.75, 3.05) is 0 Å². The molecule has 0 amide bonds. The van der Waals surface area contributed by atoms with Crippen LogP contribution in [0.2, 0.25) is 0 Å². The van der Waals surface area contributed by atoms with Gasteiger partial charge in [-0.15, -0.1) is 0 Å². The normalized spacial score (nSPS) is 16.0. The van der Waals surface area contributed by atoms with Crippen molar-refractivity contribution in [2.45, 2.75) is 18.6 Å². The lowest BCUT2D eigenvalue weighted by Crippen LogP contribution is -2.18. The summed E-state index contributed by atoms with van der Waals surface area (Å²) in [5, 5.41) is 4.92. The number of aryl methyl sites for hydroxylation is 1. The maximum Gasteiger partial charge on any atom is 0.253 e. The van der Waals surface area contributed by atoms with Crippen molar-refractivity contribution in [3.05, 3.63) is 83.0 Å². The summed E-state index contributed by atoms with van der Waals surface area (Å²) in [6.07, 6.45) is 0.271. The van der Waals surface area contributed by atoms with Crippen molar-refractivity contribution in [2.24, 2.45) is 10.7 Å². The molecule has 1 unspecified atom stereocenters. The summed E-state index contributed by atoms with van der Waals surface area (Å²) >= 11 is 1.49. The molecule has 0 aliphatic carbocycles. The van der Waals surface area contributed by atoms with E-state index in [1.807, 2.05) is 55.5 Å². The van der Waals surface area contributed by atoms with Crippen LogP contribution in [0.25, 0.3) is 0 Å². The summed E-state index contributed by atoms with van der Waals surface area (Å²) in [6.45, 7) is 1.92. The zero-order valence-corrected chi connectivity index (χ0v) is 15.1. The van der Waals surface area contributed by atoms with Gasteiger partial charge < -0.3 is 5.73 Å². The number of carbonyl (C=O) groups excluding carboxylic acids is 1. The molecule has 1 aliphatic rings. The number of nitrogens with zero attached hydrogens (tertiary/aromatic N) is 3. The molecule has 0 bridgehead atoms. The van der Waals surface area contributed by atoms with Crippen LogP contribution in [0, 0.1) is 6.92 Å².